The first-order valence-corrected chi connectivity index (χ1v) is 11.7. The molecule has 0 radical (unpaired) electrons. The number of hydrogen-bond donors (Lipinski definition) is 1. The van der Waals surface area contributed by atoms with Crippen molar-refractivity contribution in [1.82, 2.24) is 9.97 Å². The van der Waals surface area contributed by atoms with Gasteiger partial charge >= 0.3 is 0 Å². The molecule has 1 spiro atoms. The van der Waals surface area contributed by atoms with Crippen LogP contribution in [0.5, 0.6) is 0 Å². The molecule has 1 saturated carbocycles. The molecule has 4 nitrogen and oxygen atoms in total. The van der Waals surface area contributed by atoms with Crippen LogP contribution in [0.4, 0.5) is 5.82 Å². The van der Waals surface area contributed by atoms with E-state index >= 15 is 0 Å². The zero-order valence-electron chi connectivity index (χ0n) is 16.5. The van der Waals surface area contributed by atoms with Gasteiger partial charge in [-0.2, -0.15) is 0 Å². The van der Waals surface area contributed by atoms with Gasteiger partial charge < -0.3 is 10.6 Å². The Balaban J connectivity index is 1.21. The van der Waals surface area contributed by atoms with Gasteiger partial charge in [-0.25, -0.2) is 9.97 Å². The molecule has 0 bridgehead atoms. The van der Waals surface area contributed by atoms with Crippen LogP contribution < -0.4 is 10.6 Å². The van der Waals surface area contributed by atoms with Crippen molar-refractivity contribution in [3.63, 3.8) is 0 Å². The van der Waals surface area contributed by atoms with E-state index in [-0.39, 0.29) is 11.5 Å². The predicted molar refractivity (Wildman–Crippen MR) is 116 cm³/mol. The lowest BCUT2D eigenvalue weighted by molar-refractivity contribution is 0.187. The van der Waals surface area contributed by atoms with E-state index in [9.17, 15) is 0 Å². The van der Waals surface area contributed by atoms with Crippen molar-refractivity contribution in [3.8, 4) is 0 Å². The van der Waals surface area contributed by atoms with Gasteiger partial charge in [0.2, 0.25) is 0 Å². The Kier molecular flexibility index (Phi) is 5.06. The fraction of sp³-hybridized carbons (Fsp3) is 0.565. The quantitative estimate of drug-likeness (QED) is 0.814. The molecule has 1 saturated heterocycles. The second-order valence-corrected chi connectivity index (χ2v) is 10.1. The van der Waals surface area contributed by atoms with Crippen LogP contribution in [0.15, 0.2) is 41.7 Å². The molecule has 5 rings (SSSR count). The first kappa shape index (κ1) is 18.4. The van der Waals surface area contributed by atoms with Crippen LogP contribution in [0.2, 0.25) is 0 Å². The number of rotatable bonds is 3. The van der Waals surface area contributed by atoms with Gasteiger partial charge in [0.25, 0.3) is 0 Å². The number of fused-ring (bicyclic) bond motifs is 1. The Morgan fingerprint density at radius 3 is 2.50 bits per heavy atom. The van der Waals surface area contributed by atoms with Gasteiger partial charge in [0.05, 0.1) is 12.4 Å². The third kappa shape index (κ3) is 3.43. The summed E-state index contributed by atoms with van der Waals surface area (Å²) in [6.45, 7) is 2.04. The molecular weight excluding hydrogens is 364 g/mol. The number of thioether (sulfide) groups is 1. The number of anilines is 1. The SMILES string of the molecule is N[C@@H]1c2ccccc2CC12CCN(c1cnc(SC3CCCCC3)cn1)CC2. The van der Waals surface area contributed by atoms with E-state index < -0.39 is 0 Å². The van der Waals surface area contributed by atoms with Gasteiger partial charge in [-0.3, -0.25) is 0 Å². The van der Waals surface area contributed by atoms with Crippen LogP contribution in [0.3, 0.4) is 0 Å². The van der Waals surface area contributed by atoms with Crippen LogP contribution in [0.1, 0.15) is 62.1 Å². The Labute approximate surface area is 172 Å². The smallest absolute Gasteiger partial charge is 0.147 e. The summed E-state index contributed by atoms with van der Waals surface area (Å²) in [7, 11) is 0. The molecule has 2 aromatic rings. The zero-order chi connectivity index (χ0) is 19.0. The highest BCUT2D eigenvalue weighted by Gasteiger charge is 2.45. The maximum atomic E-state index is 6.70. The maximum absolute atomic E-state index is 6.70. The summed E-state index contributed by atoms with van der Waals surface area (Å²) in [5, 5.41) is 1.81. The standard InChI is InChI=1S/C23H30N4S/c24-22-19-9-5-4-6-17(19)14-23(22)10-12-27(13-11-23)20-15-26-21(16-25-20)28-18-7-2-1-3-8-18/h4-6,9,15-16,18,22H,1-3,7-8,10-14,24H2/t22-/m1/s1. The van der Waals surface area contributed by atoms with E-state index in [1.165, 1.54) is 43.2 Å². The van der Waals surface area contributed by atoms with Crippen LogP contribution in [-0.4, -0.2) is 28.3 Å². The third-order valence-electron chi connectivity index (χ3n) is 7.13. The minimum atomic E-state index is 0.172. The largest absolute Gasteiger partial charge is 0.355 e. The summed E-state index contributed by atoms with van der Waals surface area (Å²) in [5.41, 5.74) is 9.74. The van der Waals surface area contributed by atoms with Gasteiger partial charge in [0, 0.05) is 24.4 Å². The van der Waals surface area contributed by atoms with Crippen LogP contribution in [-0.2, 0) is 6.42 Å². The second-order valence-electron chi connectivity index (χ2n) is 8.79. The molecule has 28 heavy (non-hydrogen) atoms. The Morgan fingerprint density at radius 1 is 1.00 bits per heavy atom. The summed E-state index contributed by atoms with van der Waals surface area (Å²) in [6, 6.07) is 8.91. The summed E-state index contributed by atoms with van der Waals surface area (Å²) in [4.78, 5) is 11.9. The van der Waals surface area contributed by atoms with Gasteiger partial charge in [-0.15, -0.1) is 11.8 Å². The first-order chi connectivity index (χ1) is 13.7. The molecule has 2 aliphatic carbocycles. The highest BCUT2D eigenvalue weighted by molar-refractivity contribution is 7.99. The average molecular weight is 395 g/mol. The van der Waals surface area contributed by atoms with Gasteiger partial charge in [0.15, 0.2) is 0 Å². The van der Waals surface area contributed by atoms with Crippen molar-refractivity contribution in [1.29, 1.82) is 0 Å². The molecule has 2 N–H and O–H groups in total. The van der Waals surface area contributed by atoms with Gasteiger partial charge in [-0.1, -0.05) is 43.5 Å². The summed E-state index contributed by atoms with van der Waals surface area (Å²) in [5.74, 6) is 1.02. The first-order valence-electron chi connectivity index (χ1n) is 10.8. The molecule has 0 amide bonds. The third-order valence-corrected chi connectivity index (χ3v) is 8.39. The molecule has 2 heterocycles. The van der Waals surface area contributed by atoms with E-state index in [1.807, 2.05) is 24.2 Å². The zero-order valence-corrected chi connectivity index (χ0v) is 17.3. The predicted octanol–water partition coefficient (Wildman–Crippen LogP) is 4.74. The Morgan fingerprint density at radius 2 is 1.79 bits per heavy atom. The van der Waals surface area contributed by atoms with Crippen molar-refractivity contribution in [3.05, 3.63) is 47.8 Å². The van der Waals surface area contributed by atoms with E-state index in [0.717, 1.165) is 48.4 Å². The minimum absolute atomic E-state index is 0.172. The highest BCUT2D eigenvalue weighted by Crippen LogP contribution is 2.50. The molecule has 1 aromatic carbocycles. The topological polar surface area (TPSA) is 55.0 Å². The highest BCUT2D eigenvalue weighted by atomic mass is 32.2. The molecule has 1 atom stereocenters. The lowest BCUT2D eigenvalue weighted by Crippen LogP contribution is -2.44. The van der Waals surface area contributed by atoms with Crippen molar-refractivity contribution >= 4 is 17.6 Å². The fourth-order valence-electron chi connectivity index (χ4n) is 5.37. The number of hydrogen-bond acceptors (Lipinski definition) is 5. The minimum Gasteiger partial charge on any atom is -0.355 e. The summed E-state index contributed by atoms with van der Waals surface area (Å²) >= 11 is 1.92. The molecule has 5 heteroatoms. The van der Waals surface area contributed by atoms with Gasteiger partial charge in [-0.05, 0) is 48.6 Å². The van der Waals surface area contributed by atoms with E-state index in [4.69, 9.17) is 15.7 Å². The molecular formula is C23H30N4S. The molecule has 1 aliphatic heterocycles. The maximum Gasteiger partial charge on any atom is 0.147 e. The molecule has 1 aromatic heterocycles. The second kappa shape index (κ2) is 7.68. The monoisotopic (exact) mass is 394 g/mol. The molecule has 0 unspecified atom stereocenters. The normalized spacial score (nSPS) is 24.5. The average Bonchev–Trinajstić information content (AvgIpc) is 3.02. The lowest BCUT2D eigenvalue weighted by Gasteiger charge is -2.42. The van der Waals surface area contributed by atoms with Crippen molar-refractivity contribution in [2.24, 2.45) is 11.1 Å². The Hall–Kier alpha value is -1.59. The number of nitrogens with zero attached hydrogens (tertiary/aromatic N) is 3. The number of piperidine rings is 1. The van der Waals surface area contributed by atoms with Crippen LogP contribution in [0, 0.1) is 5.41 Å². The molecule has 3 aliphatic rings. The Bertz CT molecular complexity index is 808. The van der Waals surface area contributed by atoms with Crippen LogP contribution >= 0.6 is 11.8 Å². The van der Waals surface area contributed by atoms with Crippen molar-refractivity contribution in [2.75, 3.05) is 18.0 Å². The van der Waals surface area contributed by atoms with E-state index in [1.54, 1.807) is 0 Å². The number of aromatic nitrogens is 2. The lowest BCUT2D eigenvalue weighted by atomic mass is 9.73. The fourth-order valence-corrected chi connectivity index (χ4v) is 6.51. The van der Waals surface area contributed by atoms with Gasteiger partial charge in [0.1, 0.15) is 10.8 Å². The summed E-state index contributed by atoms with van der Waals surface area (Å²) in [6.07, 6.45) is 14.1. The van der Waals surface area contributed by atoms with E-state index in [2.05, 4.69) is 29.2 Å². The van der Waals surface area contributed by atoms with E-state index in [0.29, 0.717) is 0 Å². The number of benzene rings is 1. The van der Waals surface area contributed by atoms with Crippen LogP contribution in [0.25, 0.3) is 0 Å². The summed E-state index contributed by atoms with van der Waals surface area (Å²) < 4.78 is 0. The van der Waals surface area contributed by atoms with Crippen molar-refractivity contribution in [2.45, 2.75) is 67.7 Å². The van der Waals surface area contributed by atoms with Crippen molar-refractivity contribution < 1.29 is 0 Å². The molecule has 148 valence electrons. The molecule has 2 fully saturated rings. The number of nitrogens with two attached hydrogens (primary N) is 1.